The third kappa shape index (κ3) is 4.20. The Labute approximate surface area is 188 Å². The van der Waals surface area contributed by atoms with Gasteiger partial charge in [0.05, 0.1) is 14.6 Å². The molecule has 0 bridgehead atoms. The molecule has 10 heteroatoms. The summed E-state index contributed by atoms with van der Waals surface area (Å²) in [5, 5.41) is 4.02. The van der Waals surface area contributed by atoms with Crippen molar-refractivity contribution in [2.75, 3.05) is 11.9 Å². The van der Waals surface area contributed by atoms with Gasteiger partial charge in [0.2, 0.25) is 10.0 Å². The van der Waals surface area contributed by atoms with Crippen LogP contribution in [0.3, 0.4) is 0 Å². The number of nitrogens with one attached hydrogen (secondary N) is 1. The average Bonchev–Trinajstić information content (AvgIpc) is 3.11. The Morgan fingerprint density at radius 3 is 2.63 bits per heavy atom. The number of halogens is 2. The molecule has 2 heterocycles. The SMILES string of the molecule is CC1CCCCN1S(=O)(=O)c1ccc(C(=O)Nc2nc3c(Cl)cc(Cl)cc3s2)cc1. The van der Waals surface area contributed by atoms with Crippen LogP contribution in [0.25, 0.3) is 10.2 Å². The number of fused-ring (bicyclic) bond motifs is 1. The van der Waals surface area contributed by atoms with Gasteiger partial charge in [-0.15, -0.1) is 0 Å². The molecule has 0 spiro atoms. The number of anilines is 1. The second-order valence-corrected chi connectivity index (χ2v) is 11.0. The van der Waals surface area contributed by atoms with Gasteiger partial charge >= 0.3 is 0 Å². The summed E-state index contributed by atoms with van der Waals surface area (Å²) in [6.07, 6.45) is 2.76. The second-order valence-electron chi connectivity index (χ2n) is 7.19. The van der Waals surface area contributed by atoms with Crippen LogP contribution in [0.1, 0.15) is 36.5 Å². The van der Waals surface area contributed by atoms with Gasteiger partial charge in [-0.3, -0.25) is 10.1 Å². The summed E-state index contributed by atoms with van der Waals surface area (Å²) in [6.45, 7) is 2.45. The highest BCUT2D eigenvalue weighted by Crippen LogP contribution is 2.34. The lowest BCUT2D eigenvalue weighted by molar-refractivity contribution is 0.102. The Bertz CT molecular complexity index is 1210. The highest BCUT2D eigenvalue weighted by molar-refractivity contribution is 7.89. The third-order valence-corrected chi connectivity index (χ3v) is 8.55. The lowest BCUT2D eigenvalue weighted by atomic mass is 10.1. The van der Waals surface area contributed by atoms with E-state index in [4.69, 9.17) is 23.2 Å². The van der Waals surface area contributed by atoms with E-state index >= 15 is 0 Å². The number of hydrogen-bond donors (Lipinski definition) is 1. The first-order chi connectivity index (χ1) is 14.3. The summed E-state index contributed by atoms with van der Waals surface area (Å²) < 4.78 is 28.2. The van der Waals surface area contributed by atoms with Gasteiger partial charge < -0.3 is 0 Å². The monoisotopic (exact) mass is 483 g/mol. The van der Waals surface area contributed by atoms with Gasteiger partial charge in [-0.1, -0.05) is 41.0 Å². The van der Waals surface area contributed by atoms with Gasteiger partial charge in [0.25, 0.3) is 5.91 Å². The smallest absolute Gasteiger partial charge is 0.257 e. The predicted molar refractivity (Wildman–Crippen MR) is 121 cm³/mol. The third-order valence-electron chi connectivity index (χ3n) is 5.10. The molecule has 1 aliphatic rings. The van der Waals surface area contributed by atoms with E-state index in [1.165, 1.54) is 35.6 Å². The zero-order valence-corrected chi connectivity index (χ0v) is 19.2. The number of nitrogens with zero attached hydrogens (tertiary/aromatic N) is 2. The van der Waals surface area contributed by atoms with Crippen molar-refractivity contribution in [1.29, 1.82) is 0 Å². The van der Waals surface area contributed by atoms with Crippen molar-refractivity contribution < 1.29 is 13.2 Å². The van der Waals surface area contributed by atoms with Crippen LogP contribution < -0.4 is 5.32 Å². The maximum atomic E-state index is 12.9. The molecule has 30 heavy (non-hydrogen) atoms. The number of aromatic nitrogens is 1. The zero-order chi connectivity index (χ0) is 21.5. The van der Waals surface area contributed by atoms with E-state index in [0.29, 0.717) is 32.8 Å². The fourth-order valence-corrected chi connectivity index (χ4v) is 6.81. The molecule has 2 aromatic carbocycles. The van der Waals surface area contributed by atoms with Crippen LogP contribution in [-0.2, 0) is 10.0 Å². The first-order valence-corrected chi connectivity index (χ1v) is 12.5. The molecule has 0 saturated carbocycles. The predicted octanol–water partition coefficient (Wildman–Crippen LogP) is 5.42. The van der Waals surface area contributed by atoms with E-state index in [1.807, 2.05) is 6.92 Å². The number of benzene rings is 2. The fraction of sp³-hybridized carbons (Fsp3) is 0.300. The molecule has 0 aliphatic carbocycles. The first-order valence-electron chi connectivity index (χ1n) is 9.44. The van der Waals surface area contributed by atoms with Crippen molar-refractivity contribution in [1.82, 2.24) is 9.29 Å². The molecule has 1 fully saturated rings. The molecule has 1 saturated heterocycles. The molecule has 3 aromatic rings. The minimum Gasteiger partial charge on any atom is -0.298 e. The van der Waals surface area contributed by atoms with Crippen LogP contribution in [0.4, 0.5) is 5.13 Å². The van der Waals surface area contributed by atoms with Crippen LogP contribution in [0, 0.1) is 0 Å². The topological polar surface area (TPSA) is 79.4 Å². The summed E-state index contributed by atoms with van der Waals surface area (Å²) in [5.41, 5.74) is 0.905. The standard InChI is InChI=1S/C20H19Cl2N3O3S2/c1-12-4-2-3-9-25(12)30(27,28)15-7-5-13(6-8-15)19(26)24-20-23-18-16(22)10-14(21)11-17(18)29-20/h5-8,10-12H,2-4,9H2,1H3,(H,23,24,26). The lowest BCUT2D eigenvalue weighted by Crippen LogP contribution is -2.41. The van der Waals surface area contributed by atoms with Crippen molar-refractivity contribution >= 4 is 65.8 Å². The number of hydrogen-bond acceptors (Lipinski definition) is 5. The van der Waals surface area contributed by atoms with Crippen LogP contribution >= 0.6 is 34.5 Å². The maximum Gasteiger partial charge on any atom is 0.257 e. The van der Waals surface area contributed by atoms with Crippen molar-refractivity contribution in [3.05, 3.63) is 52.0 Å². The molecule has 1 aromatic heterocycles. The molecular formula is C20H19Cl2N3O3S2. The molecule has 1 amide bonds. The number of piperidine rings is 1. The molecule has 1 atom stereocenters. The van der Waals surface area contributed by atoms with E-state index in [2.05, 4.69) is 10.3 Å². The molecular weight excluding hydrogens is 465 g/mol. The van der Waals surface area contributed by atoms with Crippen molar-refractivity contribution in [2.45, 2.75) is 37.1 Å². The van der Waals surface area contributed by atoms with E-state index in [1.54, 1.807) is 16.4 Å². The van der Waals surface area contributed by atoms with E-state index in [-0.39, 0.29) is 16.8 Å². The zero-order valence-electron chi connectivity index (χ0n) is 16.1. The number of amides is 1. The molecule has 4 rings (SSSR count). The summed E-state index contributed by atoms with van der Waals surface area (Å²) in [7, 11) is -3.57. The number of thiazole rings is 1. The Hall–Kier alpha value is -1.71. The van der Waals surface area contributed by atoms with E-state index in [0.717, 1.165) is 24.0 Å². The molecule has 6 nitrogen and oxygen atoms in total. The molecule has 1 aliphatic heterocycles. The molecule has 1 N–H and O–H groups in total. The molecule has 1 unspecified atom stereocenters. The van der Waals surface area contributed by atoms with Crippen molar-refractivity contribution in [3.8, 4) is 0 Å². The largest absolute Gasteiger partial charge is 0.298 e. The molecule has 0 radical (unpaired) electrons. The highest BCUT2D eigenvalue weighted by Gasteiger charge is 2.30. The minimum absolute atomic E-state index is 0.0221. The van der Waals surface area contributed by atoms with E-state index in [9.17, 15) is 13.2 Å². The Kier molecular flexibility index (Phi) is 6.05. The second kappa shape index (κ2) is 8.43. The van der Waals surface area contributed by atoms with Crippen molar-refractivity contribution in [2.24, 2.45) is 0 Å². The highest BCUT2D eigenvalue weighted by atomic mass is 35.5. The van der Waals surface area contributed by atoms with Crippen LogP contribution in [0.15, 0.2) is 41.3 Å². The summed E-state index contributed by atoms with van der Waals surface area (Å²) in [5.74, 6) is -0.383. The van der Waals surface area contributed by atoms with Crippen LogP contribution in [0.2, 0.25) is 10.0 Å². The fourth-order valence-electron chi connectivity index (χ4n) is 3.52. The summed E-state index contributed by atoms with van der Waals surface area (Å²) in [4.78, 5) is 17.1. The van der Waals surface area contributed by atoms with Gasteiger partial charge in [0.1, 0.15) is 5.52 Å². The van der Waals surface area contributed by atoms with Gasteiger partial charge in [0.15, 0.2) is 5.13 Å². The van der Waals surface area contributed by atoms with Gasteiger partial charge in [-0.25, -0.2) is 13.4 Å². The minimum atomic E-state index is -3.57. The molecule has 158 valence electrons. The van der Waals surface area contributed by atoms with Gasteiger partial charge in [0, 0.05) is 23.2 Å². The van der Waals surface area contributed by atoms with Gasteiger partial charge in [-0.05, 0) is 56.2 Å². The quantitative estimate of drug-likeness (QED) is 0.537. The lowest BCUT2D eigenvalue weighted by Gasteiger charge is -2.32. The van der Waals surface area contributed by atoms with Crippen molar-refractivity contribution in [3.63, 3.8) is 0 Å². The van der Waals surface area contributed by atoms with Crippen LogP contribution in [-0.4, -0.2) is 36.2 Å². The summed E-state index contributed by atoms with van der Waals surface area (Å²) >= 11 is 13.4. The van der Waals surface area contributed by atoms with E-state index < -0.39 is 10.0 Å². The Morgan fingerprint density at radius 1 is 1.20 bits per heavy atom. The number of carbonyl (C=O) groups excluding carboxylic acids is 1. The number of sulfonamides is 1. The number of rotatable bonds is 4. The van der Waals surface area contributed by atoms with Gasteiger partial charge in [-0.2, -0.15) is 4.31 Å². The average molecular weight is 484 g/mol. The van der Waals surface area contributed by atoms with Crippen LogP contribution in [0.5, 0.6) is 0 Å². The maximum absolute atomic E-state index is 12.9. The Morgan fingerprint density at radius 2 is 1.93 bits per heavy atom. The summed E-state index contributed by atoms with van der Waals surface area (Å²) in [6, 6.07) is 9.27. The first kappa shape index (κ1) is 21.5. The normalized spacial score (nSPS) is 17.9. The Balaban J connectivity index is 1.52. The number of carbonyl (C=O) groups is 1.